The molecule has 0 spiro atoms. The van der Waals surface area contributed by atoms with Gasteiger partial charge in [0, 0.05) is 18.1 Å². The first-order chi connectivity index (χ1) is 14.0. The van der Waals surface area contributed by atoms with Crippen LogP contribution < -0.4 is 5.43 Å². The summed E-state index contributed by atoms with van der Waals surface area (Å²) in [5.41, 5.74) is 2.38. The summed E-state index contributed by atoms with van der Waals surface area (Å²) in [6.45, 7) is 1.75. The molecule has 0 radical (unpaired) electrons. The summed E-state index contributed by atoms with van der Waals surface area (Å²) in [5, 5.41) is 1.23. The molecule has 1 aromatic heterocycles. The Hall–Kier alpha value is -3.07. The largest absolute Gasteiger partial charge is 0.417 e. The van der Waals surface area contributed by atoms with Gasteiger partial charge < -0.3 is 0 Å². The number of aromatic nitrogens is 1. The summed E-state index contributed by atoms with van der Waals surface area (Å²) in [6, 6.07) is 7.95. The molecule has 2 aromatic rings. The summed E-state index contributed by atoms with van der Waals surface area (Å²) in [5.74, 6) is 0. The molecule has 9 heteroatoms. The Morgan fingerprint density at radius 3 is 2.20 bits per heavy atom. The number of nitrogens with zero attached hydrogens (tertiary/aromatic N) is 2. The number of halogens is 6. The molecule has 30 heavy (non-hydrogen) atoms. The Morgan fingerprint density at radius 1 is 0.900 bits per heavy atom. The number of rotatable bonds is 2. The first-order valence-corrected chi connectivity index (χ1v) is 8.87. The lowest BCUT2D eigenvalue weighted by molar-refractivity contribution is -0.137. The van der Waals surface area contributed by atoms with Gasteiger partial charge in [-0.25, -0.2) is 5.43 Å². The molecule has 2 aliphatic heterocycles. The van der Waals surface area contributed by atoms with Crippen molar-refractivity contribution >= 4 is 0 Å². The zero-order valence-corrected chi connectivity index (χ0v) is 15.5. The summed E-state index contributed by atoms with van der Waals surface area (Å²) in [6.07, 6.45) is -2.60. The molecule has 0 saturated carbocycles. The van der Waals surface area contributed by atoms with Crippen LogP contribution in [-0.4, -0.2) is 16.2 Å². The lowest BCUT2D eigenvalue weighted by atomic mass is 9.83. The highest BCUT2D eigenvalue weighted by Gasteiger charge is 2.43. The third kappa shape index (κ3) is 3.49. The number of benzene rings is 1. The van der Waals surface area contributed by atoms with E-state index in [0.717, 1.165) is 24.4 Å². The van der Waals surface area contributed by atoms with Crippen LogP contribution in [0, 0.1) is 6.92 Å². The highest BCUT2D eigenvalue weighted by molar-refractivity contribution is 5.51. The third-order valence-corrected chi connectivity index (χ3v) is 4.99. The van der Waals surface area contributed by atoms with Crippen molar-refractivity contribution < 1.29 is 26.3 Å². The number of fused-ring (bicyclic) bond motifs is 1. The standard InChI is InChI=1S/C21H15F6N3/c1-13-10-16(8-9-28-13)19(14-2-4-15(5-3-14)20(22,23)24)11-18-7-6-17(21(25,26)27)12-30(18)29-19/h2-12,29H,1H3. The SMILES string of the molecule is Cc1cc(C2(c3ccc(C(F)(F)F)cc3)C=C3C=CC(C(F)(F)F)=CN3N2)ccn1. The number of hydrogen-bond acceptors (Lipinski definition) is 3. The third-order valence-electron chi connectivity index (χ3n) is 4.99. The van der Waals surface area contributed by atoms with Crippen LogP contribution >= 0.6 is 0 Å². The van der Waals surface area contributed by atoms with Crippen LogP contribution in [0.2, 0.25) is 0 Å². The van der Waals surface area contributed by atoms with Gasteiger partial charge in [0.15, 0.2) is 0 Å². The minimum Gasteiger partial charge on any atom is -0.282 e. The van der Waals surface area contributed by atoms with Crippen molar-refractivity contribution in [2.45, 2.75) is 24.8 Å². The monoisotopic (exact) mass is 423 g/mol. The molecular weight excluding hydrogens is 408 g/mol. The summed E-state index contributed by atoms with van der Waals surface area (Å²) in [4.78, 5) is 4.13. The molecule has 0 aliphatic carbocycles. The van der Waals surface area contributed by atoms with E-state index in [0.29, 0.717) is 22.5 Å². The Morgan fingerprint density at radius 2 is 1.60 bits per heavy atom. The zero-order valence-electron chi connectivity index (χ0n) is 15.5. The van der Waals surface area contributed by atoms with E-state index in [1.54, 1.807) is 31.3 Å². The molecule has 156 valence electrons. The number of hydrogen-bond donors (Lipinski definition) is 1. The second-order valence-corrected chi connectivity index (χ2v) is 7.04. The van der Waals surface area contributed by atoms with E-state index < -0.39 is 29.0 Å². The van der Waals surface area contributed by atoms with Gasteiger partial charge in [-0.15, -0.1) is 0 Å². The first kappa shape index (κ1) is 20.2. The fourth-order valence-electron chi connectivity index (χ4n) is 3.51. The van der Waals surface area contributed by atoms with Crippen molar-refractivity contribution in [3.63, 3.8) is 0 Å². The van der Waals surface area contributed by atoms with Crippen LogP contribution in [0.5, 0.6) is 0 Å². The summed E-state index contributed by atoms with van der Waals surface area (Å²) >= 11 is 0. The van der Waals surface area contributed by atoms with Crippen LogP contribution in [-0.2, 0) is 11.7 Å². The highest BCUT2D eigenvalue weighted by atomic mass is 19.4. The Kier molecular flexibility index (Phi) is 4.54. The highest BCUT2D eigenvalue weighted by Crippen LogP contribution is 2.41. The van der Waals surface area contributed by atoms with Gasteiger partial charge in [-0.05, 0) is 60.5 Å². The minimum absolute atomic E-state index is 0.442. The quantitative estimate of drug-likeness (QED) is 0.658. The molecule has 1 unspecified atom stereocenters. The summed E-state index contributed by atoms with van der Waals surface area (Å²) < 4.78 is 78.4. The maximum absolute atomic E-state index is 13.1. The van der Waals surface area contributed by atoms with E-state index in [1.807, 2.05) is 0 Å². The summed E-state index contributed by atoms with van der Waals surface area (Å²) in [7, 11) is 0. The Balaban J connectivity index is 1.83. The Bertz CT molecular complexity index is 1060. The van der Waals surface area contributed by atoms with Crippen molar-refractivity contribution in [3.05, 3.63) is 101 Å². The van der Waals surface area contributed by atoms with E-state index in [-0.39, 0.29) is 0 Å². The van der Waals surface area contributed by atoms with Gasteiger partial charge in [0.05, 0.1) is 16.8 Å². The predicted octanol–water partition coefficient (Wildman–Crippen LogP) is 5.37. The number of nitrogens with one attached hydrogen (secondary N) is 1. The van der Waals surface area contributed by atoms with Crippen molar-refractivity contribution in [1.82, 2.24) is 15.4 Å². The number of allylic oxidation sites excluding steroid dienone is 3. The second kappa shape index (κ2) is 6.73. The van der Waals surface area contributed by atoms with E-state index in [4.69, 9.17) is 0 Å². The van der Waals surface area contributed by atoms with Gasteiger partial charge in [-0.2, -0.15) is 26.3 Å². The minimum atomic E-state index is -4.53. The van der Waals surface area contributed by atoms with E-state index in [2.05, 4.69) is 10.4 Å². The van der Waals surface area contributed by atoms with Crippen molar-refractivity contribution in [2.75, 3.05) is 0 Å². The molecule has 4 rings (SSSR count). The average molecular weight is 423 g/mol. The molecule has 1 N–H and O–H groups in total. The van der Waals surface area contributed by atoms with Gasteiger partial charge in [0.1, 0.15) is 5.54 Å². The van der Waals surface area contributed by atoms with Crippen molar-refractivity contribution in [1.29, 1.82) is 0 Å². The second-order valence-electron chi connectivity index (χ2n) is 7.04. The van der Waals surface area contributed by atoms with Crippen LogP contribution in [0.15, 0.2) is 78.3 Å². The van der Waals surface area contributed by atoms with E-state index >= 15 is 0 Å². The molecular formula is C21H15F6N3. The van der Waals surface area contributed by atoms with Gasteiger partial charge >= 0.3 is 12.4 Å². The Labute approximate surface area is 168 Å². The molecule has 0 saturated heterocycles. The van der Waals surface area contributed by atoms with E-state index in [9.17, 15) is 26.3 Å². The van der Waals surface area contributed by atoms with Crippen LogP contribution in [0.25, 0.3) is 0 Å². The molecule has 3 heterocycles. The topological polar surface area (TPSA) is 28.2 Å². The maximum atomic E-state index is 13.1. The number of pyridine rings is 1. The van der Waals surface area contributed by atoms with Crippen molar-refractivity contribution in [2.24, 2.45) is 0 Å². The van der Waals surface area contributed by atoms with Gasteiger partial charge in [0.25, 0.3) is 0 Å². The van der Waals surface area contributed by atoms with E-state index in [1.165, 1.54) is 23.2 Å². The van der Waals surface area contributed by atoms with Crippen molar-refractivity contribution in [3.8, 4) is 0 Å². The number of hydrazine groups is 1. The van der Waals surface area contributed by atoms with Gasteiger partial charge in [-0.1, -0.05) is 12.1 Å². The molecule has 0 fully saturated rings. The normalized spacial score (nSPS) is 21.4. The van der Waals surface area contributed by atoms with Gasteiger partial charge in [0.2, 0.25) is 0 Å². The maximum Gasteiger partial charge on any atom is 0.417 e. The van der Waals surface area contributed by atoms with Crippen LogP contribution in [0.3, 0.4) is 0 Å². The molecule has 0 bridgehead atoms. The first-order valence-electron chi connectivity index (χ1n) is 8.87. The lowest BCUT2D eigenvalue weighted by Crippen LogP contribution is -2.44. The molecule has 3 nitrogen and oxygen atoms in total. The molecule has 2 aliphatic rings. The molecule has 1 atom stereocenters. The lowest BCUT2D eigenvalue weighted by Gasteiger charge is -2.32. The number of alkyl halides is 6. The fourth-order valence-corrected chi connectivity index (χ4v) is 3.51. The molecule has 1 aromatic carbocycles. The van der Waals surface area contributed by atoms with Gasteiger partial charge in [-0.3, -0.25) is 9.99 Å². The average Bonchev–Trinajstić information content (AvgIpc) is 3.07. The molecule has 0 amide bonds. The predicted molar refractivity (Wildman–Crippen MR) is 97.5 cm³/mol. The van der Waals surface area contributed by atoms with Crippen LogP contribution in [0.4, 0.5) is 26.3 Å². The smallest absolute Gasteiger partial charge is 0.282 e. The van der Waals surface area contributed by atoms with Crippen LogP contribution in [0.1, 0.15) is 22.4 Å². The fraction of sp³-hybridized carbons (Fsp3) is 0.190. The zero-order chi connectivity index (χ0) is 21.7. The number of aryl methyl sites for hydroxylation is 1.